The number of hydrogen-bond acceptors (Lipinski definition) is 5. The molecular formula is C28H36ClN5O2. The molecule has 2 aliphatic rings. The van der Waals surface area contributed by atoms with Gasteiger partial charge in [0.25, 0.3) is 5.91 Å². The van der Waals surface area contributed by atoms with Gasteiger partial charge < -0.3 is 20.3 Å². The number of halogens is 1. The molecule has 36 heavy (non-hydrogen) atoms. The molecule has 0 radical (unpaired) electrons. The second kappa shape index (κ2) is 11.4. The molecule has 1 aromatic heterocycles. The minimum absolute atomic E-state index is 0. The number of benzene rings is 2. The number of nitrogens with one attached hydrogen (secondary N) is 2. The van der Waals surface area contributed by atoms with Gasteiger partial charge >= 0.3 is 0 Å². The largest absolute Gasteiger partial charge is 0.493 e. The van der Waals surface area contributed by atoms with Crippen LogP contribution < -0.4 is 20.3 Å². The molecule has 2 N–H and O–H groups in total. The zero-order valence-electron chi connectivity index (χ0n) is 21.3. The van der Waals surface area contributed by atoms with E-state index in [1.807, 2.05) is 60.1 Å². The summed E-state index contributed by atoms with van der Waals surface area (Å²) >= 11 is 0. The van der Waals surface area contributed by atoms with Crippen LogP contribution in [0.5, 0.6) is 5.75 Å². The first-order chi connectivity index (χ1) is 17.0. The van der Waals surface area contributed by atoms with E-state index in [0.717, 1.165) is 65.1 Å². The third kappa shape index (κ3) is 5.52. The lowest BCUT2D eigenvalue weighted by molar-refractivity contribution is 0.0985. The topological polar surface area (TPSA) is 71.4 Å². The summed E-state index contributed by atoms with van der Waals surface area (Å²) in [6.07, 6.45) is 6.65. The maximum atomic E-state index is 13.7. The van der Waals surface area contributed by atoms with Crippen LogP contribution in [0.15, 0.2) is 42.6 Å². The lowest BCUT2D eigenvalue weighted by Gasteiger charge is -2.23. The van der Waals surface area contributed by atoms with Gasteiger partial charge in [0.05, 0.1) is 30.7 Å². The van der Waals surface area contributed by atoms with Crippen molar-refractivity contribution in [3.05, 3.63) is 64.8 Å². The number of carbonyl (C=O) groups excluding carboxylic acids is 1. The molecule has 0 aliphatic carbocycles. The highest BCUT2D eigenvalue weighted by molar-refractivity contribution is 6.08. The highest BCUT2D eigenvalue weighted by atomic mass is 35.5. The average molecular weight is 510 g/mol. The highest BCUT2D eigenvalue weighted by Crippen LogP contribution is 2.37. The van der Waals surface area contributed by atoms with E-state index in [1.54, 1.807) is 0 Å². The number of fused-ring (bicyclic) bond motifs is 2. The first-order valence-corrected chi connectivity index (χ1v) is 12.6. The summed E-state index contributed by atoms with van der Waals surface area (Å²) in [5, 5.41) is 11.3. The summed E-state index contributed by atoms with van der Waals surface area (Å²) in [6.45, 7) is 7.52. The SMILES string of the molecule is Cc1ccc2c(c1)Nc1c(cnn1C)CN2C(=O)c1ccc(OCCCC2CCNCC2)c(C)c1.Cl. The fraction of sp³-hybridized carbons (Fsp3) is 0.429. The predicted octanol–water partition coefficient (Wildman–Crippen LogP) is 5.52. The number of amides is 1. The van der Waals surface area contributed by atoms with Crippen molar-refractivity contribution >= 4 is 35.5 Å². The summed E-state index contributed by atoms with van der Waals surface area (Å²) < 4.78 is 7.90. The zero-order valence-corrected chi connectivity index (χ0v) is 22.2. The predicted molar refractivity (Wildman–Crippen MR) is 147 cm³/mol. The van der Waals surface area contributed by atoms with Gasteiger partial charge in [-0.25, -0.2) is 0 Å². The van der Waals surface area contributed by atoms with Crippen LogP contribution in [0.4, 0.5) is 17.2 Å². The number of ether oxygens (including phenoxy) is 1. The molecular weight excluding hydrogens is 474 g/mol. The quantitative estimate of drug-likeness (QED) is 0.428. The molecule has 1 saturated heterocycles. The number of piperidine rings is 1. The molecule has 0 spiro atoms. The van der Waals surface area contributed by atoms with Crippen LogP contribution in [0, 0.1) is 19.8 Å². The smallest absolute Gasteiger partial charge is 0.258 e. The molecule has 0 bridgehead atoms. The van der Waals surface area contributed by atoms with E-state index in [4.69, 9.17) is 4.74 Å². The van der Waals surface area contributed by atoms with Crippen LogP contribution in [-0.2, 0) is 13.6 Å². The van der Waals surface area contributed by atoms with Gasteiger partial charge in [0.1, 0.15) is 11.6 Å². The average Bonchev–Trinajstić information content (AvgIpc) is 3.11. The molecule has 8 heteroatoms. The Balaban J connectivity index is 0.00000304. The van der Waals surface area contributed by atoms with Crippen molar-refractivity contribution < 1.29 is 9.53 Å². The number of aromatic nitrogens is 2. The Morgan fingerprint density at radius 3 is 2.72 bits per heavy atom. The van der Waals surface area contributed by atoms with E-state index in [2.05, 4.69) is 28.7 Å². The van der Waals surface area contributed by atoms with Gasteiger partial charge in [-0.05, 0) is 100.0 Å². The van der Waals surface area contributed by atoms with E-state index in [-0.39, 0.29) is 18.3 Å². The molecule has 0 saturated carbocycles. The molecule has 0 unspecified atom stereocenters. The number of nitrogens with zero attached hydrogens (tertiary/aromatic N) is 3. The van der Waals surface area contributed by atoms with Gasteiger partial charge in [0.2, 0.25) is 0 Å². The fourth-order valence-corrected chi connectivity index (χ4v) is 5.13. The van der Waals surface area contributed by atoms with Crippen LogP contribution in [0.3, 0.4) is 0 Å². The fourth-order valence-electron chi connectivity index (χ4n) is 5.13. The number of aryl methyl sites for hydroxylation is 3. The normalized spacial score (nSPS) is 15.2. The molecule has 2 aromatic carbocycles. The van der Waals surface area contributed by atoms with Crippen molar-refractivity contribution in [1.29, 1.82) is 0 Å². The van der Waals surface area contributed by atoms with Gasteiger partial charge in [0.15, 0.2) is 0 Å². The molecule has 3 aromatic rings. The van der Waals surface area contributed by atoms with E-state index in [1.165, 1.54) is 19.3 Å². The lowest BCUT2D eigenvalue weighted by atomic mass is 9.93. The summed E-state index contributed by atoms with van der Waals surface area (Å²) in [4.78, 5) is 15.6. The molecule has 5 rings (SSSR count). The third-order valence-electron chi connectivity index (χ3n) is 7.18. The van der Waals surface area contributed by atoms with Crippen LogP contribution in [0.2, 0.25) is 0 Å². The Morgan fingerprint density at radius 1 is 1.14 bits per heavy atom. The van der Waals surface area contributed by atoms with Crippen LogP contribution in [0.25, 0.3) is 0 Å². The third-order valence-corrected chi connectivity index (χ3v) is 7.18. The second-order valence-electron chi connectivity index (χ2n) is 9.84. The summed E-state index contributed by atoms with van der Waals surface area (Å²) in [7, 11) is 1.91. The van der Waals surface area contributed by atoms with E-state index in [9.17, 15) is 4.79 Å². The van der Waals surface area contributed by atoms with Crippen molar-refractivity contribution in [2.45, 2.75) is 46.1 Å². The summed E-state index contributed by atoms with van der Waals surface area (Å²) in [6, 6.07) is 11.9. The number of rotatable bonds is 6. The van der Waals surface area contributed by atoms with E-state index < -0.39 is 0 Å². The van der Waals surface area contributed by atoms with Gasteiger partial charge in [-0.15, -0.1) is 12.4 Å². The number of anilines is 3. The van der Waals surface area contributed by atoms with Gasteiger partial charge in [-0.2, -0.15) is 5.10 Å². The summed E-state index contributed by atoms with van der Waals surface area (Å²) in [5.41, 5.74) is 5.53. The Labute approximate surface area is 219 Å². The Hall–Kier alpha value is -3.03. The second-order valence-corrected chi connectivity index (χ2v) is 9.84. The van der Waals surface area contributed by atoms with Crippen molar-refractivity contribution in [3.8, 4) is 5.75 Å². The first-order valence-electron chi connectivity index (χ1n) is 12.6. The minimum Gasteiger partial charge on any atom is -0.493 e. The monoisotopic (exact) mass is 509 g/mol. The van der Waals surface area contributed by atoms with Gasteiger partial charge in [-0.3, -0.25) is 9.48 Å². The standard InChI is InChI=1S/C28H35N5O2.ClH/c1-19-6-8-25-24(15-19)31-27-23(17-30-32(27)3)18-33(25)28(34)22-7-9-26(20(2)16-22)35-14-4-5-21-10-12-29-13-11-21;/h6-9,15-17,21,29,31H,4-5,10-14,18H2,1-3H3;1H. The molecule has 1 fully saturated rings. The molecule has 7 nitrogen and oxygen atoms in total. The summed E-state index contributed by atoms with van der Waals surface area (Å²) in [5.74, 6) is 2.55. The van der Waals surface area contributed by atoms with Crippen LogP contribution >= 0.6 is 12.4 Å². The highest BCUT2D eigenvalue weighted by Gasteiger charge is 2.27. The molecule has 192 valence electrons. The van der Waals surface area contributed by atoms with Gasteiger partial charge in [-0.1, -0.05) is 6.07 Å². The maximum absolute atomic E-state index is 13.7. The molecule has 2 aliphatic heterocycles. The molecule has 0 atom stereocenters. The van der Waals surface area contributed by atoms with Crippen molar-refractivity contribution in [2.24, 2.45) is 13.0 Å². The van der Waals surface area contributed by atoms with E-state index >= 15 is 0 Å². The molecule has 1 amide bonds. The maximum Gasteiger partial charge on any atom is 0.258 e. The van der Waals surface area contributed by atoms with Gasteiger partial charge in [0, 0.05) is 18.2 Å². The van der Waals surface area contributed by atoms with Crippen molar-refractivity contribution in [3.63, 3.8) is 0 Å². The van der Waals surface area contributed by atoms with Crippen molar-refractivity contribution in [1.82, 2.24) is 15.1 Å². The lowest BCUT2D eigenvalue weighted by Crippen LogP contribution is -2.30. The molecule has 3 heterocycles. The minimum atomic E-state index is -0.0332. The Bertz CT molecular complexity index is 1220. The van der Waals surface area contributed by atoms with E-state index in [0.29, 0.717) is 18.7 Å². The Morgan fingerprint density at radius 2 is 1.94 bits per heavy atom. The number of carbonyl (C=O) groups is 1. The first kappa shape index (κ1) is 26.0. The van der Waals surface area contributed by atoms with Crippen molar-refractivity contribution in [2.75, 3.05) is 29.9 Å². The Kier molecular flexibility index (Phi) is 8.21. The zero-order chi connectivity index (χ0) is 24.4. The van der Waals surface area contributed by atoms with Crippen LogP contribution in [-0.4, -0.2) is 35.4 Å². The number of hydrogen-bond donors (Lipinski definition) is 2. The van der Waals surface area contributed by atoms with Crippen LogP contribution in [0.1, 0.15) is 52.7 Å².